The minimum Gasteiger partial charge on any atom is -0.194 e. The third kappa shape index (κ3) is 1.31. The average molecular weight is 240 g/mol. The Labute approximate surface area is 110 Å². The number of hydrogen-bond donors (Lipinski definition) is 0. The molecule has 1 unspecified atom stereocenters. The molecule has 18 heavy (non-hydrogen) atoms. The van der Waals surface area contributed by atoms with E-state index >= 15 is 0 Å². The molecule has 0 bridgehead atoms. The van der Waals surface area contributed by atoms with E-state index in [0.717, 1.165) is 6.42 Å². The molecule has 1 heteroatoms. The molecule has 1 atom stereocenters. The Morgan fingerprint density at radius 1 is 1.17 bits per heavy atom. The van der Waals surface area contributed by atoms with E-state index in [-0.39, 0.29) is 5.54 Å². The van der Waals surface area contributed by atoms with E-state index in [1.165, 1.54) is 22.5 Å². The van der Waals surface area contributed by atoms with Crippen molar-refractivity contribution >= 4 is 5.71 Å². The molecule has 0 saturated heterocycles. The zero-order valence-corrected chi connectivity index (χ0v) is 12.0. The summed E-state index contributed by atoms with van der Waals surface area (Å²) < 4.78 is 2.58. The maximum atomic E-state index is 2.58. The fourth-order valence-electron chi connectivity index (χ4n) is 3.72. The fourth-order valence-corrected chi connectivity index (χ4v) is 3.72. The van der Waals surface area contributed by atoms with E-state index in [1.807, 2.05) is 0 Å². The van der Waals surface area contributed by atoms with Crippen LogP contribution < -0.4 is 0 Å². The normalized spacial score (nSPS) is 25.3. The Kier molecular flexibility index (Phi) is 2.32. The maximum Gasteiger partial charge on any atom is 0.188 e. The van der Waals surface area contributed by atoms with Gasteiger partial charge in [0, 0.05) is 31.9 Å². The second-order valence-electron chi connectivity index (χ2n) is 6.22. The summed E-state index contributed by atoms with van der Waals surface area (Å²) in [5.41, 5.74) is 7.64. The first kappa shape index (κ1) is 11.7. The van der Waals surface area contributed by atoms with Crippen molar-refractivity contribution in [2.24, 2.45) is 5.92 Å². The van der Waals surface area contributed by atoms with Gasteiger partial charge in [-0.15, -0.1) is 0 Å². The van der Waals surface area contributed by atoms with Crippen molar-refractivity contribution < 1.29 is 4.58 Å². The molecule has 0 N–H and O–H groups in total. The molecule has 0 spiro atoms. The van der Waals surface area contributed by atoms with Gasteiger partial charge < -0.3 is 0 Å². The zero-order valence-electron chi connectivity index (χ0n) is 12.0. The standard InChI is InChI=1S/C17H22N/c1-11-12(2)16-10-14-8-6-7-9-15(14)17(4,5)18(16)13(11)3/h6-9,11H,10H2,1-5H3/q+1. The predicted molar refractivity (Wildman–Crippen MR) is 76.0 cm³/mol. The molecule has 0 fully saturated rings. The van der Waals surface area contributed by atoms with Crippen LogP contribution in [-0.2, 0) is 12.0 Å². The van der Waals surface area contributed by atoms with E-state index in [0.29, 0.717) is 5.92 Å². The van der Waals surface area contributed by atoms with Gasteiger partial charge in [0.05, 0.1) is 12.3 Å². The van der Waals surface area contributed by atoms with Crippen LogP contribution in [0.25, 0.3) is 0 Å². The summed E-state index contributed by atoms with van der Waals surface area (Å²) in [5.74, 6) is 0.591. The summed E-state index contributed by atoms with van der Waals surface area (Å²) in [4.78, 5) is 0. The van der Waals surface area contributed by atoms with Crippen LogP contribution in [0.1, 0.15) is 45.7 Å². The molecule has 1 aromatic rings. The minimum atomic E-state index is 0.0836. The number of allylic oxidation sites excluding steroid dienone is 2. The number of hydrogen-bond acceptors (Lipinski definition) is 0. The largest absolute Gasteiger partial charge is 0.194 e. The van der Waals surface area contributed by atoms with Crippen molar-refractivity contribution in [2.45, 2.75) is 46.6 Å². The van der Waals surface area contributed by atoms with Crippen LogP contribution in [0.4, 0.5) is 0 Å². The van der Waals surface area contributed by atoms with Crippen LogP contribution in [0.3, 0.4) is 0 Å². The van der Waals surface area contributed by atoms with Gasteiger partial charge in [-0.3, -0.25) is 0 Å². The first-order valence-electron chi connectivity index (χ1n) is 6.86. The zero-order chi connectivity index (χ0) is 13.1. The molecule has 2 aliphatic rings. The molecular formula is C17H22N+. The van der Waals surface area contributed by atoms with Gasteiger partial charge in [0.2, 0.25) is 0 Å². The smallest absolute Gasteiger partial charge is 0.188 e. The van der Waals surface area contributed by atoms with Gasteiger partial charge in [-0.1, -0.05) is 24.3 Å². The van der Waals surface area contributed by atoms with Gasteiger partial charge in [-0.25, -0.2) is 0 Å². The van der Waals surface area contributed by atoms with Crippen molar-refractivity contribution in [3.8, 4) is 0 Å². The van der Waals surface area contributed by atoms with Gasteiger partial charge in [0.1, 0.15) is 0 Å². The molecule has 0 aromatic heterocycles. The van der Waals surface area contributed by atoms with Gasteiger partial charge in [0.15, 0.2) is 16.9 Å². The maximum absolute atomic E-state index is 2.58. The fraction of sp³-hybridized carbons (Fsp3) is 0.471. The lowest BCUT2D eigenvalue weighted by molar-refractivity contribution is -0.569. The quantitative estimate of drug-likeness (QED) is 0.606. The van der Waals surface area contributed by atoms with E-state index in [9.17, 15) is 0 Å². The Bertz CT molecular complexity index is 587. The Morgan fingerprint density at radius 2 is 1.83 bits per heavy atom. The molecule has 0 aliphatic carbocycles. The van der Waals surface area contributed by atoms with Crippen molar-refractivity contribution in [2.75, 3.05) is 0 Å². The summed E-state index contributed by atoms with van der Waals surface area (Å²) >= 11 is 0. The highest BCUT2D eigenvalue weighted by molar-refractivity contribution is 5.84. The highest BCUT2D eigenvalue weighted by atomic mass is 15.1. The molecule has 1 nitrogen and oxygen atoms in total. The SMILES string of the molecule is CC1=C2Cc3ccccc3C(C)(C)[N+]2=C(C)C1C. The Balaban J connectivity index is 2.31. The van der Waals surface area contributed by atoms with E-state index < -0.39 is 0 Å². The molecular weight excluding hydrogens is 218 g/mol. The predicted octanol–water partition coefficient (Wildman–Crippen LogP) is 3.87. The third-order valence-electron chi connectivity index (χ3n) is 4.95. The van der Waals surface area contributed by atoms with Crippen molar-refractivity contribution in [3.05, 3.63) is 46.7 Å². The van der Waals surface area contributed by atoms with E-state index in [2.05, 4.69) is 63.5 Å². The van der Waals surface area contributed by atoms with Gasteiger partial charge >= 0.3 is 0 Å². The van der Waals surface area contributed by atoms with Crippen molar-refractivity contribution in [1.29, 1.82) is 0 Å². The number of rotatable bonds is 0. The highest BCUT2D eigenvalue weighted by Crippen LogP contribution is 2.42. The first-order valence-corrected chi connectivity index (χ1v) is 6.86. The monoisotopic (exact) mass is 240 g/mol. The number of nitrogens with zero attached hydrogens (tertiary/aromatic N) is 1. The van der Waals surface area contributed by atoms with Crippen LogP contribution in [0.2, 0.25) is 0 Å². The van der Waals surface area contributed by atoms with Crippen LogP contribution in [0.5, 0.6) is 0 Å². The molecule has 94 valence electrons. The summed E-state index contributed by atoms with van der Waals surface area (Å²) in [7, 11) is 0. The summed E-state index contributed by atoms with van der Waals surface area (Å²) in [6.45, 7) is 11.6. The first-order chi connectivity index (χ1) is 8.44. The van der Waals surface area contributed by atoms with Crippen molar-refractivity contribution in [1.82, 2.24) is 0 Å². The molecule has 0 radical (unpaired) electrons. The molecule has 3 rings (SSSR count). The summed E-state index contributed by atoms with van der Waals surface area (Å²) in [6, 6.07) is 8.90. The topological polar surface area (TPSA) is 3.01 Å². The van der Waals surface area contributed by atoms with Crippen LogP contribution in [0, 0.1) is 5.92 Å². The second-order valence-corrected chi connectivity index (χ2v) is 6.22. The number of fused-ring (bicyclic) bond motifs is 2. The van der Waals surface area contributed by atoms with Gasteiger partial charge in [0.25, 0.3) is 0 Å². The molecule has 0 saturated carbocycles. The van der Waals surface area contributed by atoms with E-state index in [1.54, 1.807) is 5.57 Å². The second kappa shape index (κ2) is 3.57. The average Bonchev–Trinajstić information content (AvgIpc) is 2.55. The lowest BCUT2D eigenvalue weighted by Crippen LogP contribution is -2.40. The Morgan fingerprint density at radius 3 is 2.56 bits per heavy atom. The number of benzene rings is 1. The lowest BCUT2D eigenvalue weighted by atomic mass is 9.83. The molecule has 2 heterocycles. The van der Waals surface area contributed by atoms with Gasteiger partial charge in [-0.2, -0.15) is 4.58 Å². The van der Waals surface area contributed by atoms with E-state index in [4.69, 9.17) is 0 Å². The minimum absolute atomic E-state index is 0.0836. The molecule has 1 aromatic carbocycles. The lowest BCUT2D eigenvalue weighted by Gasteiger charge is -2.31. The summed E-state index contributed by atoms with van der Waals surface area (Å²) in [6.07, 6.45) is 1.09. The Hall–Kier alpha value is -1.37. The van der Waals surface area contributed by atoms with Crippen LogP contribution in [0.15, 0.2) is 35.5 Å². The highest BCUT2D eigenvalue weighted by Gasteiger charge is 2.48. The van der Waals surface area contributed by atoms with Gasteiger partial charge in [-0.05, 0) is 19.4 Å². The van der Waals surface area contributed by atoms with Crippen LogP contribution >= 0.6 is 0 Å². The molecule has 0 amide bonds. The van der Waals surface area contributed by atoms with Crippen LogP contribution in [-0.4, -0.2) is 10.3 Å². The molecule has 2 aliphatic heterocycles. The third-order valence-corrected chi connectivity index (χ3v) is 4.95. The van der Waals surface area contributed by atoms with Crippen molar-refractivity contribution in [3.63, 3.8) is 0 Å². The summed E-state index contributed by atoms with van der Waals surface area (Å²) in [5, 5.41) is 0.